The lowest BCUT2D eigenvalue weighted by molar-refractivity contribution is -0.131. The second kappa shape index (κ2) is 28.8. The van der Waals surface area contributed by atoms with E-state index in [2.05, 4.69) is 57.7 Å². The summed E-state index contributed by atoms with van der Waals surface area (Å²) in [5, 5.41) is 28.1. The highest BCUT2D eigenvalue weighted by Crippen LogP contribution is 2.46. The summed E-state index contributed by atoms with van der Waals surface area (Å²) in [6.07, 6.45) is 8.30. The van der Waals surface area contributed by atoms with Crippen molar-refractivity contribution in [1.82, 2.24) is 41.0 Å². The standard InChI is InChI=1S/C59H68BrN13O11/c1-70-28-30-71(31-29-70)59(83)84-48-34-47-52(42-11-5-4-10-41(42)48)37(23-24-60)35-73(47)56(80)46-33-38-32-40(19-20-43(38)67-46)66-53(77)36-15-17-39(18-16-36)65-54(78)45(12-6-7-25-63-57(61)81)69-55(79)44(13-9-26-64-58(62)82)68-49(74)14-3-2-8-27-72-50(75)21-22-51(72)76/h4-6,10-12,15-24,32-34,37,44-45,50,67,75H,2-3,7-9,13-14,25-31,35H2,1H3,(H,65,78)(H,66,77)(H,68,74)(H,69,79)(H3,61,63,81)(H3,62,64,82)/b12-6+,24-23+/t37?,44-,45?,50?/m0/s1. The lowest BCUT2D eigenvalue weighted by Gasteiger charge is -2.31. The van der Waals surface area contributed by atoms with Gasteiger partial charge in [-0.1, -0.05) is 64.8 Å². The van der Waals surface area contributed by atoms with Crippen LogP contribution in [0.2, 0.25) is 0 Å². The van der Waals surface area contributed by atoms with Crippen molar-refractivity contribution in [2.75, 3.05) is 74.9 Å². The van der Waals surface area contributed by atoms with Gasteiger partial charge in [-0.25, -0.2) is 14.4 Å². The number of aliphatic hydroxyl groups is 1. The number of hydrogen-bond acceptors (Lipinski definition) is 12. The van der Waals surface area contributed by atoms with E-state index in [1.165, 1.54) is 47.4 Å². The predicted octanol–water partition coefficient (Wildman–Crippen LogP) is 5.22. The van der Waals surface area contributed by atoms with Crippen molar-refractivity contribution in [2.24, 2.45) is 11.5 Å². The number of hydrogen-bond donors (Lipinski definition) is 10. The first kappa shape index (κ1) is 61.0. The molecule has 0 aliphatic carbocycles. The van der Waals surface area contributed by atoms with E-state index in [0.29, 0.717) is 79.2 Å². The number of amides is 11. The zero-order valence-corrected chi connectivity index (χ0v) is 47.8. The number of piperazine rings is 1. The minimum Gasteiger partial charge on any atom is -0.409 e. The van der Waals surface area contributed by atoms with Gasteiger partial charge in [0.15, 0.2) is 0 Å². The van der Waals surface area contributed by atoms with Crippen molar-refractivity contribution in [3.63, 3.8) is 0 Å². The van der Waals surface area contributed by atoms with Crippen LogP contribution in [0, 0.1) is 0 Å². The Bertz CT molecular complexity index is 3380. The van der Waals surface area contributed by atoms with Gasteiger partial charge < -0.3 is 77.8 Å². The molecule has 4 heterocycles. The Morgan fingerprint density at radius 3 is 2.26 bits per heavy atom. The van der Waals surface area contributed by atoms with E-state index in [1.54, 1.807) is 51.2 Å². The van der Waals surface area contributed by atoms with Gasteiger partial charge in [0.1, 0.15) is 29.8 Å². The number of nitrogens with two attached hydrogens (primary N) is 2. The number of H-pyrrole nitrogens is 1. The molecule has 8 rings (SSSR count). The van der Waals surface area contributed by atoms with E-state index < -0.39 is 60.1 Å². The highest BCUT2D eigenvalue weighted by molar-refractivity contribution is 9.11. The van der Waals surface area contributed by atoms with E-state index in [4.69, 9.17) is 16.2 Å². The number of carbonyl (C=O) groups excluding carboxylic acids is 9. The van der Waals surface area contributed by atoms with Gasteiger partial charge in [0.2, 0.25) is 17.7 Å². The second-order valence-electron chi connectivity index (χ2n) is 20.5. The fourth-order valence-corrected chi connectivity index (χ4v) is 10.5. The number of fused-ring (bicyclic) bond motifs is 4. The number of ether oxygens (including phenoxy) is 1. The van der Waals surface area contributed by atoms with Crippen molar-refractivity contribution < 1.29 is 53.0 Å². The molecule has 25 heteroatoms. The molecule has 0 spiro atoms. The summed E-state index contributed by atoms with van der Waals surface area (Å²) in [4.78, 5) is 129. The Labute approximate surface area is 492 Å². The van der Waals surface area contributed by atoms with Crippen LogP contribution in [0.4, 0.5) is 31.4 Å². The first-order chi connectivity index (χ1) is 40.5. The van der Waals surface area contributed by atoms with Crippen molar-refractivity contribution in [1.29, 1.82) is 0 Å². The van der Waals surface area contributed by atoms with Crippen molar-refractivity contribution in [3.05, 3.63) is 131 Å². The molecule has 1 aromatic heterocycles. The monoisotopic (exact) mass is 1210 g/mol. The van der Waals surface area contributed by atoms with Gasteiger partial charge in [-0.2, -0.15) is 0 Å². The Balaban J connectivity index is 0.908. The molecular formula is C59H68BrN13O11. The maximum absolute atomic E-state index is 14.6. The maximum atomic E-state index is 14.6. The van der Waals surface area contributed by atoms with E-state index in [0.717, 1.165) is 29.4 Å². The van der Waals surface area contributed by atoms with Gasteiger partial charge in [0.05, 0.1) is 5.69 Å². The van der Waals surface area contributed by atoms with Gasteiger partial charge >= 0.3 is 18.2 Å². The Morgan fingerprint density at radius 1 is 0.821 bits per heavy atom. The summed E-state index contributed by atoms with van der Waals surface area (Å²) in [5.74, 6) is -2.73. The minimum absolute atomic E-state index is 0.0426. The molecule has 0 saturated carbocycles. The molecule has 24 nitrogen and oxygen atoms in total. The molecule has 11 amide bonds. The summed E-state index contributed by atoms with van der Waals surface area (Å²) in [7, 11) is 2.01. The number of rotatable bonds is 24. The molecule has 0 bridgehead atoms. The molecule has 84 heavy (non-hydrogen) atoms. The molecular weight excluding hydrogens is 1150 g/mol. The van der Waals surface area contributed by atoms with E-state index >= 15 is 0 Å². The number of nitrogens with zero attached hydrogens (tertiary/aromatic N) is 4. The van der Waals surface area contributed by atoms with Gasteiger partial charge in [-0.05, 0) is 110 Å². The topological polar surface area (TPSA) is 336 Å². The number of nitrogens with one attached hydrogen (secondary N) is 7. The molecule has 442 valence electrons. The average Bonchev–Trinajstić information content (AvgIpc) is 4.24. The number of carbonyl (C=O) groups is 9. The smallest absolute Gasteiger partial charge is 0.409 e. The maximum Gasteiger partial charge on any atom is 0.415 e. The largest absolute Gasteiger partial charge is 0.415 e. The fraction of sp³-hybridized carbons (Fsp3) is 0.339. The normalized spacial score (nSPS) is 16.7. The number of anilines is 3. The Kier molecular flexibility index (Phi) is 20.9. The van der Waals surface area contributed by atoms with Crippen LogP contribution >= 0.6 is 15.9 Å². The molecule has 3 aliphatic heterocycles. The van der Waals surface area contributed by atoms with Crippen LogP contribution < -0.4 is 53.0 Å². The van der Waals surface area contributed by atoms with Crippen LogP contribution in [-0.2, 0) is 19.2 Å². The summed E-state index contributed by atoms with van der Waals surface area (Å²) >= 11 is 3.44. The molecule has 12 N–H and O–H groups in total. The first-order valence-electron chi connectivity index (χ1n) is 27.6. The summed E-state index contributed by atoms with van der Waals surface area (Å²) in [5.41, 5.74) is 13.9. The highest BCUT2D eigenvalue weighted by atomic mass is 79.9. The average molecular weight is 1220 g/mol. The minimum atomic E-state index is -1.30. The molecule has 4 atom stereocenters. The summed E-state index contributed by atoms with van der Waals surface area (Å²) in [6.45, 7) is 3.40. The third-order valence-corrected chi connectivity index (χ3v) is 14.9. The summed E-state index contributed by atoms with van der Waals surface area (Å²) in [6, 6.07) is 18.4. The van der Waals surface area contributed by atoms with E-state index in [1.807, 2.05) is 37.4 Å². The lowest BCUT2D eigenvalue weighted by atomic mass is 9.94. The molecule has 3 unspecified atom stereocenters. The molecule has 5 aromatic rings. The van der Waals surface area contributed by atoms with Crippen molar-refractivity contribution in [3.8, 4) is 5.75 Å². The number of unbranched alkanes of at least 4 members (excludes halogenated alkanes) is 2. The molecule has 4 aromatic carbocycles. The van der Waals surface area contributed by atoms with E-state index in [9.17, 15) is 48.3 Å². The second-order valence-corrected chi connectivity index (χ2v) is 21.0. The number of aromatic amines is 1. The zero-order valence-electron chi connectivity index (χ0n) is 46.2. The lowest BCUT2D eigenvalue weighted by Crippen LogP contribution is -2.52. The SMILES string of the molecule is CN1CCN(C(=O)Oc2cc3c(c4ccccc24)C(/C=C/Br)CN3C(=O)c2cc3cc(NC(=O)c4ccc(NC(=O)C(/C=C/CCNC(N)=O)NC(=O)[C@H](CCCNC(N)=O)NC(=O)CCCCCN5C(=O)C=CC5O)cc4)ccc3[nH]2)CC1. The van der Waals surface area contributed by atoms with E-state index in [-0.39, 0.29) is 67.8 Å². The number of primary amides is 2. The van der Waals surface area contributed by atoms with Gasteiger partial charge in [0.25, 0.3) is 17.7 Å². The van der Waals surface area contributed by atoms with Crippen LogP contribution in [0.1, 0.15) is 77.3 Å². The van der Waals surface area contributed by atoms with Gasteiger partial charge in [-0.15, -0.1) is 0 Å². The third-order valence-electron chi connectivity index (χ3n) is 14.6. The van der Waals surface area contributed by atoms with Crippen molar-refractivity contribution >= 4 is 108 Å². The van der Waals surface area contributed by atoms with Crippen LogP contribution in [0.3, 0.4) is 0 Å². The predicted molar refractivity (Wildman–Crippen MR) is 320 cm³/mol. The molecule has 1 fully saturated rings. The first-order valence-corrected chi connectivity index (χ1v) is 28.5. The van der Waals surface area contributed by atoms with Crippen LogP contribution in [-0.4, -0.2) is 156 Å². The van der Waals surface area contributed by atoms with Crippen LogP contribution in [0.25, 0.3) is 21.7 Å². The number of aliphatic hydroxyl groups excluding tert-OH is 1. The number of benzene rings is 4. The van der Waals surface area contributed by atoms with Crippen LogP contribution in [0.5, 0.6) is 5.75 Å². The fourth-order valence-electron chi connectivity index (χ4n) is 10.1. The molecule has 3 aliphatic rings. The quantitative estimate of drug-likeness (QED) is 0.0281. The number of halogens is 1. The molecule has 0 radical (unpaired) electrons. The number of likely N-dealkylation sites (N-methyl/N-ethyl adjacent to an activating group) is 1. The third kappa shape index (κ3) is 15.9. The number of aromatic nitrogens is 1. The van der Waals surface area contributed by atoms with Crippen LogP contribution in [0.15, 0.2) is 114 Å². The van der Waals surface area contributed by atoms with Gasteiger partial charge in [-0.3, -0.25) is 28.8 Å². The Morgan fingerprint density at radius 2 is 1.55 bits per heavy atom. The highest BCUT2D eigenvalue weighted by Gasteiger charge is 2.36. The number of urea groups is 2. The Hall–Kier alpha value is -9.07. The summed E-state index contributed by atoms with van der Waals surface area (Å²) < 4.78 is 6.09. The molecule has 1 saturated heterocycles. The van der Waals surface area contributed by atoms with Crippen molar-refractivity contribution in [2.45, 2.75) is 69.2 Å². The van der Waals surface area contributed by atoms with Gasteiger partial charge in [0, 0.05) is 110 Å². The zero-order chi connectivity index (χ0) is 59.9.